The van der Waals surface area contributed by atoms with E-state index >= 15 is 0 Å². The van der Waals surface area contributed by atoms with Crippen LogP contribution >= 0.6 is 0 Å². The summed E-state index contributed by atoms with van der Waals surface area (Å²) in [6.07, 6.45) is 12.0. The lowest BCUT2D eigenvalue weighted by atomic mass is 9.71. The largest absolute Gasteiger partial charge is 0.299 e. The van der Waals surface area contributed by atoms with Gasteiger partial charge in [0.1, 0.15) is 17.5 Å². The Bertz CT molecular complexity index is 363. The lowest BCUT2D eigenvalue weighted by molar-refractivity contribution is -0.415. The molecule has 3 nitrogen and oxygen atoms in total. The van der Waals surface area contributed by atoms with E-state index in [1.807, 2.05) is 13.8 Å². The van der Waals surface area contributed by atoms with Crippen molar-refractivity contribution in [2.45, 2.75) is 77.4 Å². The molecule has 114 valence electrons. The molecule has 2 fully saturated rings. The van der Waals surface area contributed by atoms with E-state index in [9.17, 15) is 4.79 Å². The molecule has 0 N–H and O–H groups in total. The van der Waals surface area contributed by atoms with Crippen molar-refractivity contribution in [3.63, 3.8) is 0 Å². The highest BCUT2D eigenvalue weighted by Gasteiger charge is 2.48. The summed E-state index contributed by atoms with van der Waals surface area (Å²) in [7, 11) is 0. The van der Waals surface area contributed by atoms with E-state index in [1.54, 1.807) is 0 Å². The number of fused-ring (bicyclic) bond motifs is 2. The third-order valence-electron chi connectivity index (χ3n) is 4.86. The molecule has 1 saturated carbocycles. The van der Waals surface area contributed by atoms with E-state index in [2.05, 4.69) is 19.1 Å². The lowest BCUT2D eigenvalue weighted by Gasteiger charge is -2.45. The van der Waals surface area contributed by atoms with Crippen molar-refractivity contribution in [2.24, 2.45) is 11.8 Å². The summed E-state index contributed by atoms with van der Waals surface area (Å²) < 4.78 is 0. The van der Waals surface area contributed by atoms with Crippen molar-refractivity contribution in [1.29, 1.82) is 0 Å². The first-order valence-electron chi connectivity index (χ1n) is 8.11. The highest BCUT2D eigenvalue weighted by molar-refractivity contribution is 5.82. The molecule has 1 aliphatic carbocycles. The second kappa shape index (κ2) is 6.86. The topological polar surface area (TPSA) is 35.5 Å². The monoisotopic (exact) mass is 280 g/mol. The Morgan fingerprint density at radius 3 is 2.90 bits per heavy atom. The first kappa shape index (κ1) is 15.7. The number of Topliss-reactive ketones (excluding diaryl/α,β-unsaturated/α-hetero) is 1. The molecule has 0 amide bonds. The lowest BCUT2D eigenvalue weighted by Crippen LogP contribution is -2.52. The number of carbonyl (C=O) groups excluding carboxylic acids is 1. The summed E-state index contributed by atoms with van der Waals surface area (Å²) in [4.78, 5) is 23.1. The van der Waals surface area contributed by atoms with Crippen molar-refractivity contribution >= 4 is 5.78 Å². The number of unbranched alkanes of at least 4 members (excludes halogenated alkanes) is 4. The van der Waals surface area contributed by atoms with Crippen molar-refractivity contribution < 1.29 is 14.6 Å². The average Bonchev–Trinajstić information content (AvgIpc) is 2.43. The van der Waals surface area contributed by atoms with Gasteiger partial charge in [0.05, 0.1) is 0 Å². The molecule has 2 rings (SSSR count). The maximum atomic E-state index is 12.0. The Kier molecular flexibility index (Phi) is 5.39. The van der Waals surface area contributed by atoms with Crippen LogP contribution in [0.15, 0.2) is 12.2 Å². The molecule has 2 aliphatic rings. The Morgan fingerprint density at radius 1 is 1.35 bits per heavy atom. The van der Waals surface area contributed by atoms with Gasteiger partial charge in [-0.05, 0) is 26.2 Å². The summed E-state index contributed by atoms with van der Waals surface area (Å²) in [5, 5.41) is 0. The van der Waals surface area contributed by atoms with Crippen LogP contribution in [0.5, 0.6) is 0 Å². The zero-order valence-electron chi connectivity index (χ0n) is 13.1. The van der Waals surface area contributed by atoms with Gasteiger partial charge in [0.25, 0.3) is 0 Å². The fourth-order valence-corrected chi connectivity index (χ4v) is 3.17. The first-order chi connectivity index (χ1) is 9.57. The second-order valence-electron chi connectivity index (χ2n) is 6.55. The predicted molar refractivity (Wildman–Crippen MR) is 79.2 cm³/mol. The molecule has 0 aromatic rings. The average molecular weight is 280 g/mol. The molecule has 4 atom stereocenters. The fraction of sp³-hybridized carbons (Fsp3) is 0.824. The Morgan fingerprint density at radius 2 is 2.15 bits per heavy atom. The molecule has 1 aliphatic heterocycles. The van der Waals surface area contributed by atoms with Crippen molar-refractivity contribution in [3.8, 4) is 0 Å². The molecule has 4 unspecified atom stereocenters. The van der Waals surface area contributed by atoms with Crippen LogP contribution < -0.4 is 0 Å². The van der Waals surface area contributed by atoms with Crippen LogP contribution in [0.1, 0.15) is 65.7 Å². The zero-order chi connectivity index (χ0) is 14.6. The summed E-state index contributed by atoms with van der Waals surface area (Å²) in [5.74, 6) is 0.558. The van der Waals surface area contributed by atoms with Gasteiger partial charge >= 0.3 is 0 Å². The molecule has 20 heavy (non-hydrogen) atoms. The molecule has 3 heteroatoms. The Hall–Kier alpha value is -0.670. The summed E-state index contributed by atoms with van der Waals surface area (Å²) in [5.41, 5.74) is -0.433. The molecule has 0 radical (unpaired) electrons. The van der Waals surface area contributed by atoms with E-state index in [0.29, 0.717) is 12.2 Å². The van der Waals surface area contributed by atoms with Gasteiger partial charge in [-0.1, -0.05) is 45.3 Å². The molecule has 1 heterocycles. The second-order valence-corrected chi connectivity index (χ2v) is 6.55. The van der Waals surface area contributed by atoms with Gasteiger partial charge in [-0.25, -0.2) is 9.78 Å². The third kappa shape index (κ3) is 3.50. The van der Waals surface area contributed by atoms with Gasteiger partial charge in [-0.2, -0.15) is 0 Å². The minimum absolute atomic E-state index is 0.0196. The highest BCUT2D eigenvalue weighted by Crippen LogP contribution is 2.42. The minimum atomic E-state index is -0.433. The van der Waals surface area contributed by atoms with Gasteiger partial charge in [-0.3, -0.25) is 4.79 Å². The van der Waals surface area contributed by atoms with Crippen LogP contribution in [0.2, 0.25) is 0 Å². The fourth-order valence-electron chi connectivity index (χ4n) is 3.17. The molecule has 0 aromatic carbocycles. The maximum Gasteiger partial charge on any atom is 0.138 e. The molecule has 0 aromatic heterocycles. The molecule has 2 bridgehead atoms. The molecule has 0 spiro atoms. The van der Waals surface area contributed by atoms with E-state index in [-0.39, 0.29) is 17.9 Å². The number of rotatable bonds is 6. The van der Waals surface area contributed by atoms with E-state index < -0.39 is 5.60 Å². The van der Waals surface area contributed by atoms with Crippen LogP contribution in [0.25, 0.3) is 0 Å². The Balaban J connectivity index is 1.87. The number of hydrogen-bond donors (Lipinski definition) is 0. The summed E-state index contributed by atoms with van der Waals surface area (Å²) in [6, 6.07) is 0. The van der Waals surface area contributed by atoms with Gasteiger partial charge in [-0.15, -0.1) is 0 Å². The van der Waals surface area contributed by atoms with Crippen LogP contribution in [0, 0.1) is 11.8 Å². The van der Waals surface area contributed by atoms with Gasteiger partial charge in [0, 0.05) is 18.3 Å². The third-order valence-corrected chi connectivity index (χ3v) is 4.86. The molecular weight excluding hydrogens is 252 g/mol. The van der Waals surface area contributed by atoms with Gasteiger partial charge in [0.15, 0.2) is 0 Å². The normalized spacial score (nSPS) is 37.5. The SMILES string of the molecule is CCCCCCC=CC1(C)OOC2CC1CC(=O)C2C. The predicted octanol–water partition coefficient (Wildman–Crippen LogP) is 4.22. The van der Waals surface area contributed by atoms with Crippen LogP contribution in [-0.2, 0) is 14.6 Å². The smallest absolute Gasteiger partial charge is 0.138 e. The van der Waals surface area contributed by atoms with Crippen LogP contribution in [0.4, 0.5) is 0 Å². The quantitative estimate of drug-likeness (QED) is 0.415. The number of ketones is 1. The highest BCUT2D eigenvalue weighted by atomic mass is 17.2. The zero-order valence-corrected chi connectivity index (χ0v) is 13.1. The first-order valence-corrected chi connectivity index (χ1v) is 8.11. The number of carbonyl (C=O) groups is 1. The van der Waals surface area contributed by atoms with Gasteiger partial charge in [0.2, 0.25) is 0 Å². The van der Waals surface area contributed by atoms with Crippen molar-refractivity contribution in [1.82, 2.24) is 0 Å². The molecular formula is C17H28O3. The minimum Gasteiger partial charge on any atom is -0.299 e. The standard InChI is InChI=1S/C17H28O3/c1-4-5-6-7-8-9-10-17(3)14-11-15(18)13(2)16(12-14)19-20-17/h9-10,13-14,16H,4-8,11-12H2,1-3H3. The summed E-state index contributed by atoms with van der Waals surface area (Å²) >= 11 is 0. The van der Waals surface area contributed by atoms with Crippen LogP contribution in [0.3, 0.4) is 0 Å². The Labute approximate surface area is 122 Å². The van der Waals surface area contributed by atoms with Crippen LogP contribution in [-0.4, -0.2) is 17.5 Å². The number of allylic oxidation sites excluding steroid dienone is 1. The molecule has 1 saturated heterocycles. The van der Waals surface area contributed by atoms with Gasteiger partial charge < -0.3 is 0 Å². The van der Waals surface area contributed by atoms with E-state index in [1.165, 1.54) is 25.7 Å². The summed E-state index contributed by atoms with van der Waals surface area (Å²) in [6.45, 7) is 6.21. The maximum absolute atomic E-state index is 12.0. The van der Waals surface area contributed by atoms with Crippen molar-refractivity contribution in [2.75, 3.05) is 0 Å². The van der Waals surface area contributed by atoms with E-state index in [0.717, 1.165) is 12.8 Å². The van der Waals surface area contributed by atoms with E-state index in [4.69, 9.17) is 9.78 Å². The number of hydrogen-bond acceptors (Lipinski definition) is 3. The van der Waals surface area contributed by atoms with Crippen molar-refractivity contribution in [3.05, 3.63) is 12.2 Å².